The van der Waals surface area contributed by atoms with Crippen molar-refractivity contribution in [3.05, 3.63) is 38.9 Å². The van der Waals surface area contributed by atoms with Crippen molar-refractivity contribution in [3.63, 3.8) is 0 Å². The summed E-state index contributed by atoms with van der Waals surface area (Å²) in [6, 6.07) is 4.30. The molecule has 0 spiro atoms. The Morgan fingerprint density at radius 1 is 1.48 bits per heavy atom. The standard InChI is InChI=1S/C14H17ClN2O4/c1-21-9-10-5-7-16(8-6-10)14(18)11-3-2-4-12(13(11)15)17(19)20/h2-4,10H,5-9H2,1H3. The fourth-order valence-corrected chi connectivity index (χ4v) is 2.81. The molecule has 1 saturated heterocycles. The molecule has 114 valence electrons. The van der Waals surface area contributed by atoms with E-state index >= 15 is 0 Å². The number of hydrogen-bond donors (Lipinski definition) is 0. The van der Waals surface area contributed by atoms with Gasteiger partial charge < -0.3 is 9.64 Å². The Balaban J connectivity index is 2.11. The molecule has 2 rings (SSSR count). The molecule has 1 aliphatic rings. The highest BCUT2D eigenvalue weighted by Crippen LogP contribution is 2.29. The number of likely N-dealkylation sites (tertiary alicyclic amines) is 1. The SMILES string of the molecule is COCC1CCN(C(=O)c2cccc([N+](=O)[O-])c2Cl)CC1. The van der Waals surface area contributed by atoms with Crippen molar-refractivity contribution in [2.45, 2.75) is 12.8 Å². The van der Waals surface area contributed by atoms with E-state index in [0.717, 1.165) is 12.8 Å². The van der Waals surface area contributed by atoms with E-state index in [4.69, 9.17) is 16.3 Å². The van der Waals surface area contributed by atoms with Crippen LogP contribution in [0.4, 0.5) is 5.69 Å². The second-order valence-electron chi connectivity index (χ2n) is 5.09. The molecule has 6 nitrogen and oxygen atoms in total. The van der Waals surface area contributed by atoms with Crippen LogP contribution in [0.2, 0.25) is 5.02 Å². The van der Waals surface area contributed by atoms with Crippen LogP contribution in [0, 0.1) is 16.0 Å². The summed E-state index contributed by atoms with van der Waals surface area (Å²) in [5, 5.41) is 10.8. The quantitative estimate of drug-likeness (QED) is 0.633. The molecule has 1 amide bonds. The molecule has 21 heavy (non-hydrogen) atoms. The third-order valence-corrected chi connectivity index (χ3v) is 4.11. The lowest BCUT2D eigenvalue weighted by Crippen LogP contribution is -2.39. The van der Waals surface area contributed by atoms with E-state index in [-0.39, 0.29) is 22.2 Å². The first-order chi connectivity index (χ1) is 10.0. The van der Waals surface area contributed by atoms with Crippen LogP contribution in [0.3, 0.4) is 0 Å². The van der Waals surface area contributed by atoms with Gasteiger partial charge in [-0.3, -0.25) is 14.9 Å². The molecule has 0 aromatic heterocycles. The molecule has 1 aromatic rings. The molecule has 0 atom stereocenters. The van der Waals surface area contributed by atoms with Crippen molar-refractivity contribution in [1.82, 2.24) is 4.90 Å². The number of carbonyl (C=O) groups excluding carboxylic acids is 1. The van der Waals surface area contributed by atoms with E-state index in [9.17, 15) is 14.9 Å². The number of nitrogens with zero attached hydrogens (tertiary/aromatic N) is 2. The highest BCUT2D eigenvalue weighted by atomic mass is 35.5. The summed E-state index contributed by atoms with van der Waals surface area (Å²) >= 11 is 5.99. The number of halogens is 1. The van der Waals surface area contributed by atoms with Gasteiger partial charge in [-0.15, -0.1) is 0 Å². The molecule has 0 N–H and O–H groups in total. The van der Waals surface area contributed by atoms with E-state index < -0.39 is 4.92 Å². The summed E-state index contributed by atoms with van der Waals surface area (Å²) in [6.07, 6.45) is 1.73. The van der Waals surface area contributed by atoms with Crippen molar-refractivity contribution < 1.29 is 14.5 Å². The number of piperidine rings is 1. The highest BCUT2D eigenvalue weighted by Gasteiger charge is 2.27. The average Bonchev–Trinajstić information content (AvgIpc) is 2.47. The zero-order valence-electron chi connectivity index (χ0n) is 11.8. The smallest absolute Gasteiger partial charge is 0.288 e. The Morgan fingerprint density at radius 2 is 2.14 bits per heavy atom. The van der Waals surface area contributed by atoms with Crippen molar-refractivity contribution in [2.75, 3.05) is 26.8 Å². The van der Waals surface area contributed by atoms with Crippen LogP contribution in [0.5, 0.6) is 0 Å². The summed E-state index contributed by atoms with van der Waals surface area (Å²) in [5.74, 6) is 0.208. The predicted octanol–water partition coefficient (Wildman–Crippen LogP) is 2.75. The average molecular weight is 313 g/mol. The molecule has 0 unspecified atom stereocenters. The number of nitro benzene ring substituents is 1. The number of carbonyl (C=O) groups is 1. The molecular formula is C14H17ClN2O4. The first-order valence-corrected chi connectivity index (χ1v) is 7.13. The van der Waals surface area contributed by atoms with Gasteiger partial charge in [-0.1, -0.05) is 17.7 Å². The molecular weight excluding hydrogens is 296 g/mol. The lowest BCUT2D eigenvalue weighted by molar-refractivity contribution is -0.384. The van der Waals surface area contributed by atoms with Crippen LogP contribution in [0.1, 0.15) is 23.2 Å². The fourth-order valence-electron chi connectivity index (χ4n) is 2.53. The maximum atomic E-state index is 12.4. The molecule has 1 aliphatic heterocycles. The van der Waals surface area contributed by atoms with Crippen LogP contribution < -0.4 is 0 Å². The Labute approximate surface area is 127 Å². The van der Waals surface area contributed by atoms with E-state index in [1.165, 1.54) is 18.2 Å². The summed E-state index contributed by atoms with van der Waals surface area (Å²) in [4.78, 5) is 24.4. The van der Waals surface area contributed by atoms with Gasteiger partial charge in [-0.25, -0.2) is 0 Å². The van der Waals surface area contributed by atoms with Gasteiger partial charge in [0, 0.05) is 32.9 Å². The first kappa shape index (κ1) is 15.7. The number of ether oxygens (including phenoxy) is 1. The molecule has 7 heteroatoms. The van der Waals surface area contributed by atoms with Gasteiger partial charge in [0.25, 0.3) is 11.6 Å². The third kappa shape index (κ3) is 3.51. The van der Waals surface area contributed by atoms with Crippen molar-refractivity contribution in [1.29, 1.82) is 0 Å². The van der Waals surface area contributed by atoms with Crippen LogP contribution in [-0.4, -0.2) is 42.5 Å². The lowest BCUT2D eigenvalue weighted by atomic mass is 9.97. The fraction of sp³-hybridized carbons (Fsp3) is 0.500. The van der Waals surface area contributed by atoms with E-state index in [2.05, 4.69) is 0 Å². The maximum absolute atomic E-state index is 12.4. The number of benzene rings is 1. The first-order valence-electron chi connectivity index (χ1n) is 6.75. The zero-order valence-corrected chi connectivity index (χ0v) is 12.5. The van der Waals surface area contributed by atoms with Gasteiger partial charge in [-0.05, 0) is 24.8 Å². The van der Waals surface area contributed by atoms with Gasteiger partial charge in [0.1, 0.15) is 5.02 Å². The van der Waals surface area contributed by atoms with Crippen molar-refractivity contribution in [3.8, 4) is 0 Å². The Morgan fingerprint density at radius 3 is 2.71 bits per heavy atom. The van der Waals surface area contributed by atoms with E-state index in [1.54, 1.807) is 12.0 Å². The number of hydrogen-bond acceptors (Lipinski definition) is 4. The van der Waals surface area contributed by atoms with Gasteiger partial charge in [0.05, 0.1) is 10.5 Å². The number of nitro groups is 1. The Bertz CT molecular complexity index is 542. The lowest BCUT2D eigenvalue weighted by Gasteiger charge is -2.31. The maximum Gasteiger partial charge on any atom is 0.288 e. The Hall–Kier alpha value is -1.66. The molecule has 1 heterocycles. The van der Waals surface area contributed by atoms with Gasteiger partial charge in [-0.2, -0.15) is 0 Å². The minimum absolute atomic E-state index is 0.0912. The third-order valence-electron chi connectivity index (χ3n) is 3.71. The van der Waals surface area contributed by atoms with Crippen LogP contribution >= 0.6 is 11.6 Å². The number of methoxy groups -OCH3 is 1. The minimum atomic E-state index is -0.579. The summed E-state index contributed by atoms with van der Waals surface area (Å²) in [6.45, 7) is 1.93. The zero-order chi connectivity index (χ0) is 15.4. The van der Waals surface area contributed by atoms with Gasteiger partial charge >= 0.3 is 0 Å². The Kier molecular flexibility index (Phi) is 5.14. The monoisotopic (exact) mass is 312 g/mol. The molecule has 0 aliphatic carbocycles. The van der Waals surface area contributed by atoms with Crippen molar-refractivity contribution >= 4 is 23.2 Å². The second kappa shape index (κ2) is 6.87. The molecule has 0 saturated carbocycles. The van der Waals surface area contributed by atoms with Gasteiger partial charge in [0.2, 0.25) is 0 Å². The number of rotatable bonds is 4. The van der Waals surface area contributed by atoms with Crippen LogP contribution in [-0.2, 0) is 4.74 Å². The van der Waals surface area contributed by atoms with Crippen molar-refractivity contribution in [2.24, 2.45) is 5.92 Å². The van der Waals surface area contributed by atoms with E-state index in [0.29, 0.717) is 25.6 Å². The summed E-state index contributed by atoms with van der Waals surface area (Å²) < 4.78 is 5.12. The highest BCUT2D eigenvalue weighted by molar-refractivity contribution is 6.35. The number of amides is 1. The minimum Gasteiger partial charge on any atom is -0.384 e. The molecule has 0 radical (unpaired) electrons. The van der Waals surface area contributed by atoms with Gasteiger partial charge in [0.15, 0.2) is 0 Å². The largest absolute Gasteiger partial charge is 0.384 e. The normalized spacial score (nSPS) is 16.0. The topological polar surface area (TPSA) is 72.7 Å². The summed E-state index contributed by atoms with van der Waals surface area (Å²) in [5.41, 5.74) is -0.0483. The van der Waals surface area contributed by atoms with Crippen LogP contribution in [0.15, 0.2) is 18.2 Å². The molecule has 0 bridgehead atoms. The summed E-state index contributed by atoms with van der Waals surface area (Å²) in [7, 11) is 1.67. The van der Waals surface area contributed by atoms with Crippen LogP contribution in [0.25, 0.3) is 0 Å². The molecule has 1 fully saturated rings. The molecule has 1 aromatic carbocycles. The van der Waals surface area contributed by atoms with E-state index in [1.807, 2.05) is 0 Å². The predicted molar refractivity (Wildman–Crippen MR) is 78.6 cm³/mol. The second-order valence-corrected chi connectivity index (χ2v) is 5.46.